The number of anilines is 1. The van der Waals surface area contributed by atoms with Crippen LogP contribution in [-0.2, 0) is 6.54 Å². The molecule has 0 amide bonds. The third-order valence-electron chi connectivity index (χ3n) is 3.16. The molecule has 0 fully saturated rings. The molecule has 0 atom stereocenters. The SMILES string of the molecule is COc1cc(CNc2nc(C)c(C(=O)O)s2)cc(OC)c1OC. The number of carbonyl (C=O) groups is 1. The molecule has 1 heterocycles. The van der Waals surface area contributed by atoms with Crippen molar-refractivity contribution in [3.63, 3.8) is 0 Å². The second-order valence-corrected chi connectivity index (χ2v) is 5.62. The first-order valence-corrected chi connectivity index (χ1v) is 7.55. The zero-order valence-electron chi connectivity index (χ0n) is 13.3. The summed E-state index contributed by atoms with van der Waals surface area (Å²) in [6.45, 7) is 2.12. The van der Waals surface area contributed by atoms with Crippen LogP contribution in [0.15, 0.2) is 12.1 Å². The van der Waals surface area contributed by atoms with Crippen molar-refractivity contribution in [1.82, 2.24) is 4.98 Å². The number of carboxylic acids is 1. The number of carboxylic acid groups (broad SMARTS) is 1. The summed E-state index contributed by atoms with van der Waals surface area (Å²) in [5.74, 6) is 0.674. The molecule has 7 nitrogen and oxygen atoms in total. The van der Waals surface area contributed by atoms with Crippen LogP contribution in [0.2, 0.25) is 0 Å². The lowest BCUT2D eigenvalue weighted by molar-refractivity contribution is 0.0701. The third kappa shape index (κ3) is 3.65. The average molecular weight is 338 g/mol. The van der Waals surface area contributed by atoms with Crippen LogP contribution in [0.25, 0.3) is 0 Å². The predicted octanol–water partition coefficient (Wildman–Crippen LogP) is 2.79. The maximum atomic E-state index is 11.0. The molecule has 1 aromatic carbocycles. The first-order chi connectivity index (χ1) is 11.0. The summed E-state index contributed by atoms with van der Waals surface area (Å²) in [5.41, 5.74) is 1.39. The van der Waals surface area contributed by atoms with Gasteiger partial charge in [0.05, 0.1) is 27.0 Å². The number of nitrogens with zero attached hydrogens (tertiary/aromatic N) is 1. The summed E-state index contributed by atoms with van der Waals surface area (Å²) in [6, 6.07) is 3.65. The smallest absolute Gasteiger partial charge is 0.347 e. The molecule has 2 N–H and O–H groups in total. The fourth-order valence-electron chi connectivity index (χ4n) is 2.09. The molecule has 0 aliphatic rings. The fourth-order valence-corrected chi connectivity index (χ4v) is 2.89. The van der Waals surface area contributed by atoms with Gasteiger partial charge in [-0.2, -0.15) is 0 Å². The van der Waals surface area contributed by atoms with Gasteiger partial charge in [0, 0.05) is 6.54 Å². The largest absolute Gasteiger partial charge is 0.493 e. The van der Waals surface area contributed by atoms with Crippen LogP contribution in [-0.4, -0.2) is 37.4 Å². The molecular weight excluding hydrogens is 320 g/mol. The first kappa shape index (κ1) is 16.9. The van der Waals surface area contributed by atoms with Gasteiger partial charge in [0.25, 0.3) is 0 Å². The van der Waals surface area contributed by atoms with E-state index in [-0.39, 0.29) is 4.88 Å². The molecular formula is C15H18N2O5S. The van der Waals surface area contributed by atoms with Crippen molar-refractivity contribution in [3.05, 3.63) is 28.3 Å². The van der Waals surface area contributed by atoms with E-state index in [9.17, 15) is 4.79 Å². The summed E-state index contributed by atoms with van der Waals surface area (Å²) in [5, 5.41) is 12.7. The number of nitrogens with one attached hydrogen (secondary N) is 1. The van der Waals surface area contributed by atoms with Gasteiger partial charge in [-0.15, -0.1) is 0 Å². The van der Waals surface area contributed by atoms with Gasteiger partial charge >= 0.3 is 5.97 Å². The minimum absolute atomic E-state index is 0.234. The van der Waals surface area contributed by atoms with E-state index in [1.54, 1.807) is 28.3 Å². The van der Waals surface area contributed by atoms with Gasteiger partial charge in [0.1, 0.15) is 4.88 Å². The summed E-state index contributed by atoms with van der Waals surface area (Å²) < 4.78 is 15.9. The Morgan fingerprint density at radius 3 is 2.26 bits per heavy atom. The number of rotatable bonds is 7. The summed E-state index contributed by atoms with van der Waals surface area (Å²) >= 11 is 1.11. The van der Waals surface area contributed by atoms with Gasteiger partial charge in [0.2, 0.25) is 5.75 Å². The molecule has 124 valence electrons. The minimum Gasteiger partial charge on any atom is -0.493 e. The Morgan fingerprint density at radius 2 is 1.83 bits per heavy atom. The van der Waals surface area contributed by atoms with Gasteiger partial charge in [-0.3, -0.25) is 0 Å². The van der Waals surface area contributed by atoms with Crippen molar-refractivity contribution < 1.29 is 24.1 Å². The molecule has 0 saturated carbocycles. The molecule has 0 aliphatic carbocycles. The number of aromatic carboxylic acids is 1. The lowest BCUT2D eigenvalue weighted by Gasteiger charge is -2.14. The topological polar surface area (TPSA) is 89.9 Å². The molecule has 8 heteroatoms. The standard InChI is InChI=1S/C15H18N2O5S/c1-8-13(14(18)19)23-15(17-8)16-7-9-5-10(20-2)12(22-4)11(6-9)21-3/h5-6H,7H2,1-4H3,(H,16,17)(H,18,19). The fraction of sp³-hybridized carbons (Fsp3) is 0.333. The molecule has 0 aliphatic heterocycles. The van der Waals surface area contributed by atoms with E-state index in [0.29, 0.717) is 34.6 Å². The van der Waals surface area contributed by atoms with Crippen LogP contribution >= 0.6 is 11.3 Å². The van der Waals surface area contributed by atoms with Gasteiger partial charge in [-0.25, -0.2) is 9.78 Å². The Kier molecular flexibility index (Phi) is 5.28. The van der Waals surface area contributed by atoms with Gasteiger partial charge in [-0.05, 0) is 24.6 Å². The van der Waals surface area contributed by atoms with Crippen LogP contribution < -0.4 is 19.5 Å². The van der Waals surface area contributed by atoms with Crippen molar-refractivity contribution in [2.24, 2.45) is 0 Å². The van der Waals surface area contributed by atoms with Crippen molar-refractivity contribution in [2.45, 2.75) is 13.5 Å². The zero-order chi connectivity index (χ0) is 17.0. The number of benzene rings is 1. The predicted molar refractivity (Wildman–Crippen MR) is 87.2 cm³/mol. The third-order valence-corrected chi connectivity index (χ3v) is 4.26. The van der Waals surface area contributed by atoms with E-state index in [1.807, 2.05) is 12.1 Å². The highest BCUT2D eigenvalue weighted by molar-refractivity contribution is 7.17. The molecule has 23 heavy (non-hydrogen) atoms. The Bertz CT molecular complexity index is 689. The monoisotopic (exact) mass is 338 g/mol. The summed E-state index contributed by atoms with van der Waals surface area (Å²) in [4.78, 5) is 15.5. The molecule has 0 unspecified atom stereocenters. The molecule has 0 bridgehead atoms. The molecule has 2 aromatic rings. The molecule has 0 saturated heterocycles. The first-order valence-electron chi connectivity index (χ1n) is 6.73. The number of aryl methyl sites for hydroxylation is 1. The van der Waals surface area contributed by atoms with Crippen LogP contribution in [0, 0.1) is 6.92 Å². The highest BCUT2D eigenvalue weighted by Gasteiger charge is 2.15. The van der Waals surface area contributed by atoms with E-state index in [1.165, 1.54) is 0 Å². The number of methoxy groups -OCH3 is 3. The number of thiazole rings is 1. The van der Waals surface area contributed by atoms with Crippen LogP contribution in [0.3, 0.4) is 0 Å². The lowest BCUT2D eigenvalue weighted by atomic mass is 10.2. The van der Waals surface area contributed by atoms with E-state index < -0.39 is 5.97 Å². The van der Waals surface area contributed by atoms with E-state index in [2.05, 4.69) is 10.3 Å². The molecule has 0 spiro atoms. The van der Waals surface area contributed by atoms with Gasteiger partial charge in [-0.1, -0.05) is 11.3 Å². The highest BCUT2D eigenvalue weighted by Crippen LogP contribution is 2.38. The Balaban J connectivity index is 2.20. The van der Waals surface area contributed by atoms with Crippen LogP contribution in [0.5, 0.6) is 17.2 Å². The number of hydrogen-bond donors (Lipinski definition) is 2. The lowest BCUT2D eigenvalue weighted by Crippen LogP contribution is -2.02. The zero-order valence-corrected chi connectivity index (χ0v) is 14.1. The van der Waals surface area contributed by atoms with E-state index in [4.69, 9.17) is 19.3 Å². The number of ether oxygens (including phenoxy) is 3. The van der Waals surface area contributed by atoms with Crippen LogP contribution in [0.1, 0.15) is 20.9 Å². The van der Waals surface area contributed by atoms with Gasteiger partial charge < -0.3 is 24.6 Å². The number of hydrogen-bond acceptors (Lipinski definition) is 7. The molecule has 0 radical (unpaired) electrons. The van der Waals surface area contributed by atoms with E-state index in [0.717, 1.165) is 16.9 Å². The molecule has 1 aromatic heterocycles. The highest BCUT2D eigenvalue weighted by atomic mass is 32.1. The van der Waals surface area contributed by atoms with Gasteiger partial charge in [0.15, 0.2) is 16.6 Å². The van der Waals surface area contributed by atoms with E-state index >= 15 is 0 Å². The molecule has 2 rings (SSSR count). The van der Waals surface area contributed by atoms with Crippen molar-refractivity contribution in [3.8, 4) is 17.2 Å². The maximum absolute atomic E-state index is 11.0. The Hall–Kier alpha value is -2.48. The minimum atomic E-state index is -0.971. The Labute approximate surface area is 137 Å². The quantitative estimate of drug-likeness (QED) is 0.802. The summed E-state index contributed by atoms with van der Waals surface area (Å²) in [7, 11) is 4.65. The maximum Gasteiger partial charge on any atom is 0.347 e. The van der Waals surface area contributed by atoms with Crippen molar-refractivity contribution in [2.75, 3.05) is 26.6 Å². The summed E-state index contributed by atoms with van der Waals surface area (Å²) in [6.07, 6.45) is 0. The average Bonchev–Trinajstić information content (AvgIpc) is 2.92. The van der Waals surface area contributed by atoms with Crippen molar-refractivity contribution >= 4 is 22.4 Å². The normalized spacial score (nSPS) is 10.3. The van der Waals surface area contributed by atoms with Crippen molar-refractivity contribution in [1.29, 1.82) is 0 Å². The second kappa shape index (κ2) is 7.19. The second-order valence-electron chi connectivity index (χ2n) is 4.63. The van der Waals surface area contributed by atoms with Crippen LogP contribution in [0.4, 0.5) is 5.13 Å². The number of aromatic nitrogens is 1. The Morgan fingerprint density at radius 1 is 1.22 bits per heavy atom.